The number of amides is 1. The van der Waals surface area contributed by atoms with E-state index in [0.29, 0.717) is 6.54 Å². The molecule has 0 aromatic rings. The first kappa shape index (κ1) is 16.9. The van der Waals surface area contributed by atoms with E-state index in [-0.39, 0.29) is 24.0 Å². The number of alkyl carbamates (subject to hydrolysis) is 1. The summed E-state index contributed by atoms with van der Waals surface area (Å²) in [6.45, 7) is 9.88. The van der Waals surface area contributed by atoms with Gasteiger partial charge in [-0.25, -0.2) is 4.79 Å². The number of nitrogens with two attached hydrogens (primary N) is 1. The van der Waals surface area contributed by atoms with Crippen LogP contribution >= 0.6 is 12.4 Å². The second-order valence-electron chi connectivity index (χ2n) is 5.17. The van der Waals surface area contributed by atoms with Crippen LogP contribution in [0.4, 0.5) is 4.79 Å². The molecule has 15 heavy (non-hydrogen) atoms. The van der Waals surface area contributed by atoms with Crippen molar-refractivity contribution in [3.63, 3.8) is 0 Å². The van der Waals surface area contributed by atoms with E-state index in [4.69, 9.17) is 10.5 Å². The van der Waals surface area contributed by atoms with Gasteiger partial charge in [-0.3, -0.25) is 0 Å². The van der Waals surface area contributed by atoms with Gasteiger partial charge < -0.3 is 15.8 Å². The van der Waals surface area contributed by atoms with Crippen LogP contribution in [0.1, 0.15) is 41.0 Å². The second-order valence-corrected chi connectivity index (χ2v) is 5.17. The van der Waals surface area contributed by atoms with Crippen molar-refractivity contribution in [3.8, 4) is 0 Å². The number of hydrogen-bond donors (Lipinski definition) is 2. The van der Waals surface area contributed by atoms with E-state index in [0.717, 1.165) is 6.42 Å². The molecule has 0 rings (SSSR count). The third kappa shape index (κ3) is 13.5. The van der Waals surface area contributed by atoms with Crippen molar-refractivity contribution in [2.75, 3.05) is 6.54 Å². The summed E-state index contributed by atoms with van der Waals surface area (Å²) in [7, 11) is 0. The van der Waals surface area contributed by atoms with Crippen LogP contribution in [0.3, 0.4) is 0 Å². The number of carbonyl (C=O) groups excluding carboxylic acids is 1. The molecule has 0 aromatic carbocycles. The highest BCUT2D eigenvalue weighted by molar-refractivity contribution is 5.85. The molecule has 0 atom stereocenters. The molecule has 0 unspecified atom stereocenters. The van der Waals surface area contributed by atoms with E-state index in [1.54, 1.807) is 0 Å². The fourth-order valence-electron chi connectivity index (χ4n) is 0.801. The topological polar surface area (TPSA) is 64.3 Å². The lowest BCUT2D eigenvalue weighted by atomic mass is 10.0. The van der Waals surface area contributed by atoms with Crippen LogP contribution in [0.2, 0.25) is 0 Å². The highest BCUT2D eigenvalue weighted by atomic mass is 35.5. The van der Waals surface area contributed by atoms with Gasteiger partial charge in [-0.2, -0.15) is 0 Å². The van der Waals surface area contributed by atoms with Crippen LogP contribution in [0.25, 0.3) is 0 Å². The first-order valence-electron chi connectivity index (χ1n) is 4.86. The van der Waals surface area contributed by atoms with Crippen LogP contribution in [0, 0.1) is 0 Å². The van der Waals surface area contributed by atoms with Crippen molar-refractivity contribution in [2.45, 2.75) is 52.2 Å². The molecule has 0 aliphatic carbocycles. The van der Waals surface area contributed by atoms with E-state index in [1.807, 2.05) is 34.6 Å². The van der Waals surface area contributed by atoms with E-state index in [9.17, 15) is 4.79 Å². The Morgan fingerprint density at radius 1 is 1.27 bits per heavy atom. The van der Waals surface area contributed by atoms with Gasteiger partial charge in [0, 0.05) is 12.1 Å². The Bertz CT molecular complexity index is 195. The zero-order chi connectivity index (χ0) is 11.4. The maximum absolute atomic E-state index is 11.2. The van der Waals surface area contributed by atoms with Gasteiger partial charge in [-0.1, -0.05) is 0 Å². The summed E-state index contributed by atoms with van der Waals surface area (Å²) >= 11 is 0. The normalized spacial score (nSPS) is 11.6. The zero-order valence-corrected chi connectivity index (χ0v) is 11.0. The molecule has 5 heteroatoms. The first-order chi connectivity index (χ1) is 6.10. The molecule has 0 heterocycles. The van der Waals surface area contributed by atoms with E-state index in [1.165, 1.54) is 0 Å². The largest absolute Gasteiger partial charge is 0.444 e. The Hall–Kier alpha value is -0.480. The molecule has 0 aromatic heterocycles. The lowest BCUT2D eigenvalue weighted by Crippen LogP contribution is -2.39. The van der Waals surface area contributed by atoms with Gasteiger partial charge in [-0.05, 0) is 41.0 Å². The lowest BCUT2D eigenvalue weighted by molar-refractivity contribution is 0.0525. The number of nitrogens with one attached hydrogen (secondary N) is 1. The average molecular weight is 239 g/mol. The first-order valence-corrected chi connectivity index (χ1v) is 4.86. The van der Waals surface area contributed by atoms with Crippen molar-refractivity contribution in [2.24, 2.45) is 5.73 Å². The highest BCUT2D eigenvalue weighted by Gasteiger charge is 2.16. The molecule has 0 aliphatic heterocycles. The summed E-state index contributed by atoms with van der Waals surface area (Å²) in [5, 5.41) is 2.65. The van der Waals surface area contributed by atoms with Gasteiger partial charge in [0.2, 0.25) is 0 Å². The van der Waals surface area contributed by atoms with Crippen molar-refractivity contribution >= 4 is 18.5 Å². The van der Waals surface area contributed by atoms with Crippen LogP contribution < -0.4 is 11.1 Å². The maximum Gasteiger partial charge on any atom is 0.407 e. The van der Waals surface area contributed by atoms with Gasteiger partial charge in [0.15, 0.2) is 0 Å². The zero-order valence-electron chi connectivity index (χ0n) is 10.2. The molecule has 1 amide bonds. The Morgan fingerprint density at radius 2 is 1.73 bits per heavy atom. The van der Waals surface area contributed by atoms with Gasteiger partial charge in [0.1, 0.15) is 5.60 Å². The minimum absolute atomic E-state index is 0. The van der Waals surface area contributed by atoms with Gasteiger partial charge in [0.25, 0.3) is 0 Å². The Kier molecular flexibility index (Phi) is 6.97. The van der Waals surface area contributed by atoms with Crippen molar-refractivity contribution in [1.29, 1.82) is 0 Å². The number of halogens is 1. The molecule has 0 spiro atoms. The molecule has 3 N–H and O–H groups in total. The van der Waals surface area contributed by atoms with Crippen LogP contribution in [-0.4, -0.2) is 23.8 Å². The fraction of sp³-hybridized carbons (Fsp3) is 0.900. The molecular formula is C10H23ClN2O2. The number of rotatable bonds is 3. The summed E-state index contributed by atoms with van der Waals surface area (Å²) in [5.74, 6) is 0. The number of ether oxygens (including phenoxy) is 1. The minimum Gasteiger partial charge on any atom is -0.444 e. The smallest absolute Gasteiger partial charge is 0.407 e. The molecule has 0 bridgehead atoms. The van der Waals surface area contributed by atoms with Crippen LogP contribution in [-0.2, 0) is 4.74 Å². The molecule has 0 fully saturated rings. The lowest BCUT2D eigenvalue weighted by Gasteiger charge is -2.21. The van der Waals surface area contributed by atoms with Crippen molar-refractivity contribution in [1.82, 2.24) is 5.32 Å². The molecule has 4 nitrogen and oxygen atoms in total. The summed E-state index contributed by atoms with van der Waals surface area (Å²) in [6.07, 6.45) is 0.341. The predicted molar refractivity (Wildman–Crippen MR) is 64.4 cm³/mol. The SMILES string of the molecule is CC(C)(N)CCNC(=O)OC(C)(C)C.Cl. The summed E-state index contributed by atoms with van der Waals surface area (Å²) < 4.78 is 5.06. The summed E-state index contributed by atoms with van der Waals surface area (Å²) in [5.41, 5.74) is 5.06. The van der Waals surface area contributed by atoms with E-state index >= 15 is 0 Å². The number of carbonyl (C=O) groups is 1. The van der Waals surface area contributed by atoms with E-state index in [2.05, 4.69) is 5.32 Å². The van der Waals surface area contributed by atoms with Crippen LogP contribution in [0.5, 0.6) is 0 Å². The third-order valence-corrected chi connectivity index (χ3v) is 1.44. The standard InChI is InChI=1S/C10H22N2O2.ClH/c1-9(2,3)14-8(13)12-7-6-10(4,5)11;/h6-7,11H2,1-5H3,(H,12,13);1H. The van der Waals surface area contributed by atoms with Gasteiger partial charge >= 0.3 is 6.09 Å². The molecule has 0 saturated heterocycles. The molecule has 0 radical (unpaired) electrons. The maximum atomic E-state index is 11.2. The van der Waals surface area contributed by atoms with Gasteiger partial charge in [0.05, 0.1) is 0 Å². The highest BCUT2D eigenvalue weighted by Crippen LogP contribution is 2.07. The summed E-state index contributed by atoms with van der Waals surface area (Å²) in [6, 6.07) is 0. The minimum atomic E-state index is -0.442. The molecule has 0 saturated carbocycles. The Morgan fingerprint density at radius 3 is 2.07 bits per heavy atom. The molecule has 92 valence electrons. The molecular weight excluding hydrogens is 216 g/mol. The Labute approximate surface area is 98.3 Å². The van der Waals surface area contributed by atoms with E-state index < -0.39 is 5.60 Å². The van der Waals surface area contributed by atoms with Crippen LogP contribution in [0.15, 0.2) is 0 Å². The monoisotopic (exact) mass is 238 g/mol. The Balaban J connectivity index is 0. The quantitative estimate of drug-likeness (QED) is 0.791. The third-order valence-electron chi connectivity index (χ3n) is 1.44. The van der Waals surface area contributed by atoms with Crippen molar-refractivity contribution < 1.29 is 9.53 Å². The average Bonchev–Trinajstić information content (AvgIpc) is 1.78. The fourth-order valence-corrected chi connectivity index (χ4v) is 0.801. The number of hydrogen-bond acceptors (Lipinski definition) is 3. The van der Waals surface area contributed by atoms with Gasteiger partial charge in [-0.15, -0.1) is 12.4 Å². The van der Waals surface area contributed by atoms with Crippen molar-refractivity contribution in [3.05, 3.63) is 0 Å². The predicted octanol–water partition coefficient (Wildman–Crippen LogP) is 2.06. The summed E-state index contributed by atoms with van der Waals surface area (Å²) in [4.78, 5) is 11.2. The molecule has 0 aliphatic rings. The second kappa shape index (κ2) is 6.18.